The lowest BCUT2D eigenvalue weighted by Crippen LogP contribution is -1.88. The summed E-state index contributed by atoms with van der Waals surface area (Å²) in [7, 11) is 0. The van der Waals surface area contributed by atoms with E-state index < -0.39 is 0 Å². The number of hydrogen-bond acceptors (Lipinski definition) is 3. The highest BCUT2D eigenvalue weighted by molar-refractivity contribution is 5.80. The zero-order valence-electron chi connectivity index (χ0n) is 9.51. The maximum absolute atomic E-state index is 9.84. The van der Waals surface area contributed by atoms with E-state index in [9.17, 15) is 15.3 Å². The minimum absolute atomic E-state index is 0.0406. The van der Waals surface area contributed by atoms with Crippen molar-refractivity contribution in [3.63, 3.8) is 0 Å². The average molecular weight is 230 g/mol. The number of rotatable bonds is 2. The SMILES string of the molecule is CCc1ccccc1-c1c(O)ccc(O)c1O. The lowest BCUT2D eigenvalue weighted by Gasteiger charge is -2.12. The molecule has 0 bridgehead atoms. The fourth-order valence-corrected chi connectivity index (χ4v) is 1.91. The van der Waals surface area contributed by atoms with E-state index in [1.807, 2.05) is 31.2 Å². The molecule has 0 unspecified atom stereocenters. The second-order valence-electron chi connectivity index (χ2n) is 3.84. The van der Waals surface area contributed by atoms with Crippen LogP contribution >= 0.6 is 0 Å². The molecule has 0 fully saturated rings. The van der Waals surface area contributed by atoms with Crippen molar-refractivity contribution in [2.24, 2.45) is 0 Å². The van der Waals surface area contributed by atoms with Gasteiger partial charge in [0.15, 0.2) is 11.5 Å². The topological polar surface area (TPSA) is 60.7 Å². The van der Waals surface area contributed by atoms with Gasteiger partial charge in [-0.3, -0.25) is 0 Å². The molecule has 2 aromatic rings. The van der Waals surface area contributed by atoms with Gasteiger partial charge in [-0.15, -0.1) is 0 Å². The fraction of sp³-hybridized carbons (Fsp3) is 0.143. The quantitative estimate of drug-likeness (QED) is 0.549. The van der Waals surface area contributed by atoms with E-state index in [1.54, 1.807) is 0 Å². The number of aryl methyl sites for hydroxylation is 1. The van der Waals surface area contributed by atoms with E-state index in [4.69, 9.17) is 0 Å². The summed E-state index contributed by atoms with van der Waals surface area (Å²) in [5, 5.41) is 29.1. The second-order valence-corrected chi connectivity index (χ2v) is 3.84. The Morgan fingerprint density at radius 2 is 1.53 bits per heavy atom. The van der Waals surface area contributed by atoms with Crippen molar-refractivity contribution in [2.45, 2.75) is 13.3 Å². The number of phenolic OH excluding ortho intramolecular Hbond substituents is 3. The van der Waals surface area contributed by atoms with Gasteiger partial charge >= 0.3 is 0 Å². The third-order valence-corrected chi connectivity index (χ3v) is 2.80. The van der Waals surface area contributed by atoms with Gasteiger partial charge in [0, 0.05) is 0 Å². The first-order valence-corrected chi connectivity index (χ1v) is 5.47. The molecule has 0 aromatic heterocycles. The van der Waals surface area contributed by atoms with E-state index >= 15 is 0 Å². The molecule has 0 aliphatic rings. The molecule has 88 valence electrons. The van der Waals surface area contributed by atoms with Crippen LogP contribution in [-0.2, 0) is 6.42 Å². The molecule has 0 atom stereocenters. The molecule has 0 saturated heterocycles. The summed E-state index contributed by atoms with van der Waals surface area (Å²) < 4.78 is 0. The third-order valence-electron chi connectivity index (χ3n) is 2.80. The minimum atomic E-state index is -0.286. The number of hydrogen-bond donors (Lipinski definition) is 3. The van der Waals surface area contributed by atoms with Crippen molar-refractivity contribution in [2.75, 3.05) is 0 Å². The largest absolute Gasteiger partial charge is 0.507 e. The first kappa shape index (κ1) is 11.3. The maximum Gasteiger partial charge on any atom is 0.169 e. The average Bonchev–Trinajstić information content (AvgIpc) is 2.35. The Labute approximate surface area is 99.6 Å². The molecule has 0 amide bonds. The molecule has 3 nitrogen and oxygen atoms in total. The van der Waals surface area contributed by atoms with Gasteiger partial charge in [0.25, 0.3) is 0 Å². The van der Waals surface area contributed by atoms with Crippen LogP contribution in [0.2, 0.25) is 0 Å². The Morgan fingerprint density at radius 3 is 2.24 bits per heavy atom. The van der Waals surface area contributed by atoms with Gasteiger partial charge < -0.3 is 15.3 Å². The van der Waals surface area contributed by atoms with Gasteiger partial charge in [-0.1, -0.05) is 31.2 Å². The Kier molecular flexibility index (Phi) is 2.91. The van der Waals surface area contributed by atoms with E-state index in [2.05, 4.69) is 0 Å². The predicted molar refractivity (Wildman–Crippen MR) is 66.3 cm³/mol. The van der Waals surface area contributed by atoms with Gasteiger partial charge in [-0.05, 0) is 29.7 Å². The third kappa shape index (κ3) is 1.91. The van der Waals surface area contributed by atoms with Crippen molar-refractivity contribution in [3.8, 4) is 28.4 Å². The molecule has 2 aromatic carbocycles. The second kappa shape index (κ2) is 4.37. The zero-order chi connectivity index (χ0) is 12.4. The fourth-order valence-electron chi connectivity index (χ4n) is 1.91. The lowest BCUT2D eigenvalue weighted by molar-refractivity contribution is 0.398. The van der Waals surface area contributed by atoms with Crippen LogP contribution in [0.25, 0.3) is 11.1 Å². The first-order chi connectivity index (χ1) is 8.15. The highest BCUT2D eigenvalue weighted by atomic mass is 16.3. The molecular formula is C14H14O3. The van der Waals surface area contributed by atoms with E-state index in [0.717, 1.165) is 17.5 Å². The standard InChI is InChI=1S/C14H14O3/c1-2-9-5-3-4-6-10(9)13-11(15)7-8-12(16)14(13)17/h3-8,15-17H,2H2,1H3. The lowest BCUT2D eigenvalue weighted by atomic mass is 9.96. The summed E-state index contributed by atoms with van der Waals surface area (Å²) >= 11 is 0. The highest BCUT2D eigenvalue weighted by Crippen LogP contribution is 2.43. The highest BCUT2D eigenvalue weighted by Gasteiger charge is 2.15. The summed E-state index contributed by atoms with van der Waals surface area (Å²) in [4.78, 5) is 0. The van der Waals surface area contributed by atoms with Gasteiger partial charge in [0.1, 0.15) is 5.75 Å². The molecule has 0 saturated carbocycles. The molecular weight excluding hydrogens is 216 g/mol. The van der Waals surface area contributed by atoms with E-state index in [0.29, 0.717) is 0 Å². The molecule has 0 radical (unpaired) electrons. The monoisotopic (exact) mass is 230 g/mol. The molecule has 2 rings (SSSR count). The van der Waals surface area contributed by atoms with Crippen molar-refractivity contribution < 1.29 is 15.3 Å². The summed E-state index contributed by atoms with van der Waals surface area (Å²) in [5.74, 6) is -0.559. The van der Waals surface area contributed by atoms with Crippen molar-refractivity contribution in [3.05, 3.63) is 42.0 Å². The minimum Gasteiger partial charge on any atom is -0.507 e. The number of phenols is 3. The Morgan fingerprint density at radius 1 is 0.882 bits per heavy atom. The smallest absolute Gasteiger partial charge is 0.169 e. The Hall–Kier alpha value is -2.16. The van der Waals surface area contributed by atoms with Crippen LogP contribution in [0, 0.1) is 0 Å². The van der Waals surface area contributed by atoms with Crippen molar-refractivity contribution >= 4 is 0 Å². The summed E-state index contributed by atoms with van der Waals surface area (Å²) in [6.45, 7) is 2.00. The molecule has 0 heterocycles. The van der Waals surface area contributed by atoms with Crippen LogP contribution < -0.4 is 0 Å². The van der Waals surface area contributed by atoms with Crippen LogP contribution in [-0.4, -0.2) is 15.3 Å². The molecule has 3 heteroatoms. The molecule has 0 spiro atoms. The molecule has 0 aliphatic heterocycles. The van der Waals surface area contributed by atoms with Crippen LogP contribution in [0.5, 0.6) is 17.2 Å². The number of aromatic hydroxyl groups is 3. The molecule has 3 N–H and O–H groups in total. The molecule has 17 heavy (non-hydrogen) atoms. The maximum atomic E-state index is 9.84. The first-order valence-electron chi connectivity index (χ1n) is 5.47. The van der Waals surface area contributed by atoms with Gasteiger partial charge in [0.2, 0.25) is 0 Å². The van der Waals surface area contributed by atoms with Gasteiger partial charge in [-0.2, -0.15) is 0 Å². The van der Waals surface area contributed by atoms with E-state index in [1.165, 1.54) is 12.1 Å². The van der Waals surface area contributed by atoms with Crippen LogP contribution in [0.15, 0.2) is 36.4 Å². The van der Waals surface area contributed by atoms with E-state index in [-0.39, 0.29) is 22.8 Å². The van der Waals surface area contributed by atoms with Gasteiger partial charge in [0.05, 0.1) is 5.56 Å². The predicted octanol–water partition coefficient (Wildman–Crippen LogP) is 3.03. The summed E-state index contributed by atoms with van der Waals surface area (Å²) in [5.41, 5.74) is 2.02. The van der Waals surface area contributed by atoms with Crippen molar-refractivity contribution in [1.29, 1.82) is 0 Å². The summed E-state index contributed by atoms with van der Waals surface area (Å²) in [6, 6.07) is 10.1. The molecule has 0 aliphatic carbocycles. The zero-order valence-corrected chi connectivity index (χ0v) is 9.51. The summed E-state index contributed by atoms with van der Waals surface area (Å²) in [6.07, 6.45) is 0.782. The Balaban J connectivity index is 2.72. The normalized spacial score (nSPS) is 10.4. The number of benzene rings is 2. The Bertz CT molecular complexity index is 547. The van der Waals surface area contributed by atoms with Gasteiger partial charge in [-0.25, -0.2) is 0 Å². The van der Waals surface area contributed by atoms with Crippen LogP contribution in [0.3, 0.4) is 0 Å². The van der Waals surface area contributed by atoms with Crippen molar-refractivity contribution in [1.82, 2.24) is 0 Å². The van der Waals surface area contributed by atoms with Crippen LogP contribution in [0.4, 0.5) is 0 Å². The van der Waals surface area contributed by atoms with Crippen LogP contribution in [0.1, 0.15) is 12.5 Å².